The molecule has 2 aliphatic heterocycles. The Morgan fingerprint density at radius 3 is 2.68 bits per heavy atom. The maximum Gasteiger partial charge on any atom is 0.263 e. The van der Waals surface area contributed by atoms with Crippen LogP contribution in [0.25, 0.3) is 33.1 Å². The lowest BCUT2D eigenvalue weighted by Crippen LogP contribution is -2.35. The molecule has 7 rings (SSSR count). The number of amides is 1. The molecule has 41 heavy (non-hydrogen) atoms. The van der Waals surface area contributed by atoms with Crippen LogP contribution in [0.15, 0.2) is 65.2 Å². The van der Waals surface area contributed by atoms with Crippen molar-refractivity contribution in [3.05, 3.63) is 72.1 Å². The SMILES string of the molecule is CCCCc1nc(N2CCCN(C(=O)c3ccc4c(c3)OCO4)CC2)c2c(-c3ccc4ccccc4c3)noc2n1. The number of ether oxygens (including phenoxy) is 2. The van der Waals surface area contributed by atoms with E-state index in [1.807, 2.05) is 17.0 Å². The molecule has 0 spiro atoms. The van der Waals surface area contributed by atoms with Gasteiger partial charge in [-0.05, 0) is 47.9 Å². The third-order valence-electron chi connectivity index (χ3n) is 7.84. The standard InChI is InChI=1S/C32H31N5O4/c1-2-3-9-27-33-30(28-29(35-41-31(28)34-27)23-11-10-21-7-4-5-8-22(21)18-23)36-14-6-15-37(17-16-36)32(38)24-12-13-25-26(19-24)40-20-39-25/h4-5,7-8,10-13,18-19H,2-3,6,9,14-17,20H2,1H3. The van der Waals surface area contributed by atoms with Gasteiger partial charge in [-0.25, -0.2) is 4.98 Å². The Balaban J connectivity index is 1.22. The van der Waals surface area contributed by atoms with Crippen molar-refractivity contribution in [3.63, 3.8) is 0 Å². The number of anilines is 1. The molecule has 2 aromatic heterocycles. The van der Waals surface area contributed by atoms with Gasteiger partial charge in [-0.3, -0.25) is 4.79 Å². The molecule has 1 fully saturated rings. The van der Waals surface area contributed by atoms with E-state index >= 15 is 0 Å². The minimum Gasteiger partial charge on any atom is -0.454 e. The van der Waals surface area contributed by atoms with Crippen LogP contribution in [0.2, 0.25) is 0 Å². The van der Waals surface area contributed by atoms with E-state index in [1.54, 1.807) is 18.2 Å². The van der Waals surface area contributed by atoms with E-state index in [1.165, 1.54) is 5.39 Å². The first-order chi connectivity index (χ1) is 20.2. The van der Waals surface area contributed by atoms with E-state index in [9.17, 15) is 4.79 Å². The zero-order chi connectivity index (χ0) is 27.8. The van der Waals surface area contributed by atoms with Gasteiger partial charge in [0.25, 0.3) is 11.6 Å². The van der Waals surface area contributed by atoms with Crippen molar-refractivity contribution in [1.29, 1.82) is 0 Å². The van der Waals surface area contributed by atoms with Gasteiger partial charge in [0.05, 0.1) is 0 Å². The maximum atomic E-state index is 13.4. The predicted octanol–water partition coefficient (Wildman–Crippen LogP) is 5.86. The fourth-order valence-corrected chi connectivity index (χ4v) is 5.63. The molecule has 5 aromatic rings. The quantitative estimate of drug-likeness (QED) is 0.260. The summed E-state index contributed by atoms with van der Waals surface area (Å²) in [5, 5.41) is 7.61. The number of rotatable bonds is 6. The molecule has 0 unspecified atom stereocenters. The maximum absolute atomic E-state index is 13.4. The molecule has 0 saturated carbocycles. The van der Waals surface area contributed by atoms with Gasteiger partial charge in [-0.2, -0.15) is 4.98 Å². The first kappa shape index (κ1) is 25.3. The van der Waals surface area contributed by atoms with Crippen LogP contribution in [0, 0.1) is 0 Å². The van der Waals surface area contributed by atoms with Crippen LogP contribution in [0.3, 0.4) is 0 Å². The smallest absolute Gasteiger partial charge is 0.263 e. The Morgan fingerprint density at radius 2 is 1.78 bits per heavy atom. The highest BCUT2D eigenvalue weighted by molar-refractivity contribution is 6.00. The van der Waals surface area contributed by atoms with Crippen LogP contribution in [0.4, 0.5) is 5.82 Å². The third-order valence-corrected chi connectivity index (χ3v) is 7.84. The van der Waals surface area contributed by atoms with Crippen molar-refractivity contribution >= 4 is 33.6 Å². The molecule has 0 radical (unpaired) electrons. The highest BCUT2D eigenvalue weighted by Gasteiger charge is 2.27. The molecule has 208 valence electrons. The van der Waals surface area contributed by atoms with Crippen LogP contribution in [0.5, 0.6) is 11.5 Å². The predicted molar refractivity (Wildman–Crippen MR) is 156 cm³/mol. The van der Waals surface area contributed by atoms with E-state index in [0.717, 1.165) is 65.9 Å². The number of hydrogen-bond donors (Lipinski definition) is 0. The zero-order valence-corrected chi connectivity index (χ0v) is 23.0. The molecule has 4 heterocycles. The average Bonchev–Trinajstić information content (AvgIpc) is 3.59. The molecule has 0 aliphatic carbocycles. The summed E-state index contributed by atoms with van der Waals surface area (Å²) < 4.78 is 16.7. The second kappa shape index (κ2) is 10.7. The number of unbranched alkanes of at least 4 members (excludes halogenated alkanes) is 1. The molecule has 1 amide bonds. The lowest BCUT2D eigenvalue weighted by molar-refractivity contribution is 0.0766. The highest BCUT2D eigenvalue weighted by Crippen LogP contribution is 2.36. The zero-order valence-electron chi connectivity index (χ0n) is 23.0. The number of aryl methyl sites for hydroxylation is 1. The number of benzene rings is 3. The Labute approximate surface area is 237 Å². The topological polar surface area (TPSA) is 93.8 Å². The number of aromatic nitrogens is 3. The molecule has 0 bridgehead atoms. The van der Waals surface area contributed by atoms with E-state index in [2.05, 4.69) is 47.3 Å². The summed E-state index contributed by atoms with van der Waals surface area (Å²) in [6, 6.07) is 20.0. The van der Waals surface area contributed by atoms with Gasteiger partial charge in [0, 0.05) is 43.7 Å². The number of carbonyl (C=O) groups is 1. The number of hydrogen-bond acceptors (Lipinski definition) is 8. The van der Waals surface area contributed by atoms with Crippen LogP contribution in [-0.2, 0) is 6.42 Å². The summed E-state index contributed by atoms with van der Waals surface area (Å²) in [7, 11) is 0. The van der Waals surface area contributed by atoms with Crippen LogP contribution >= 0.6 is 0 Å². The van der Waals surface area contributed by atoms with Gasteiger partial charge in [-0.15, -0.1) is 0 Å². The van der Waals surface area contributed by atoms with Crippen molar-refractivity contribution in [3.8, 4) is 22.8 Å². The van der Waals surface area contributed by atoms with Gasteiger partial charge in [0.1, 0.15) is 22.7 Å². The van der Waals surface area contributed by atoms with E-state index < -0.39 is 0 Å². The van der Waals surface area contributed by atoms with Gasteiger partial charge < -0.3 is 23.8 Å². The highest BCUT2D eigenvalue weighted by atomic mass is 16.7. The van der Waals surface area contributed by atoms with Crippen molar-refractivity contribution in [1.82, 2.24) is 20.0 Å². The molecular weight excluding hydrogens is 518 g/mol. The monoisotopic (exact) mass is 549 g/mol. The summed E-state index contributed by atoms with van der Waals surface area (Å²) in [5.74, 6) is 2.86. The summed E-state index contributed by atoms with van der Waals surface area (Å²) in [4.78, 5) is 27.4. The third kappa shape index (κ3) is 4.81. The van der Waals surface area contributed by atoms with Crippen molar-refractivity contribution < 1.29 is 18.8 Å². The molecule has 9 nitrogen and oxygen atoms in total. The minimum absolute atomic E-state index is 0.0107. The van der Waals surface area contributed by atoms with Crippen molar-refractivity contribution in [2.45, 2.75) is 32.6 Å². The number of fused-ring (bicyclic) bond motifs is 3. The van der Waals surface area contributed by atoms with Crippen molar-refractivity contribution in [2.75, 3.05) is 37.9 Å². The molecule has 2 aliphatic rings. The summed E-state index contributed by atoms with van der Waals surface area (Å²) in [6.07, 6.45) is 3.63. The lowest BCUT2D eigenvalue weighted by Gasteiger charge is -2.24. The molecular formula is C32H31N5O4. The second-order valence-corrected chi connectivity index (χ2v) is 10.5. The van der Waals surface area contributed by atoms with Crippen LogP contribution in [-0.4, -0.2) is 58.9 Å². The lowest BCUT2D eigenvalue weighted by atomic mass is 10.0. The second-order valence-electron chi connectivity index (χ2n) is 10.5. The minimum atomic E-state index is -0.0107. The Bertz CT molecular complexity index is 1750. The number of nitrogens with zero attached hydrogens (tertiary/aromatic N) is 5. The van der Waals surface area contributed by atoms with Crippen LogP contribution < -0.4 is 14.4 Å². The first-order valence-electron chi connectivity index (χ1n) is 14.3. The Hall–Kier alpha value is -4.66. The van der Waals surface area contributed by atoms with Crippen molar-refractivity contribution in [2.24, 2.45) is 0 Å². The van der Waals surface area contributed by atoms with E-state index in [0.29, 0.717) is 42.4 Å². The fourth-order valence-electron chi connectivity index (χ4n) is 5.63. The van der Waals surface area contributed by atoms with E-state index in [4.69, 9.17) is 24.0 Å². The number of carbonyl (C=O) groups excluding carboxylic acids is 1. The van der Waals surface area contributed by atoms with Gasteiger partial charge >= 0.3 is 0 Å². The van der Waals surface area contributed by atoms with E-state index in [-0.39, 0.29) is 12.7 Å². The fraction of sp³-hybridized carbons (Fsp3) is 0.312. The van der Waals surface area contributed by atoms with Gasteiger partial charge in [0.2, 0.25) is 6.79 Å². The molecule has 9 heteroatoms. The Morgan fingerprint density at radius 1 is 0.902 bits per heavy atom. The summed E-state index contributed by atoms with van der Waals surface area (Å²) in [5.41, 5.74) is 2.80. The van der Waals surface area contributed by atoms with Crippen LogP contribution in [0.1, 0.15) is 42.4 Å². The first-order valence-corrected chi connectivity index (χ1v) is 14.3. The molecule has 0 atom stereocenters. The molecule has 1 saturated heterocycles. The van der Waals surface area contributed by atoms with Gasteiger partial charge in [-0.1, -0.05) is 54.9 Å². The molecule has 3 aromatic carbocycles. The average molecular weight is 550 g/mol. The largest absolute Gasteiger partial charge is 0.454 e. The summed E-state index contributed by atoms with van der Waals surface area (Å²) in [6.45, 7) is 4.96. The normalized spacial score (nSPS) is 15.0. The summed E-state index contributed by atoms with van der Waals surface area (Å²) >= 11 is 0. The Kier molecular flexibility index (Phi) is 6.62. The molecule has 0 N–H and O–H groups in total. The van der Waals surface area contributed by atoms with Gasteiger partial charge in [0.15, 0.2) is 11.5 Å².